The maximum Gasteiger partial charge on any atom is 0.307 e. The lowest BCUT2D eigenvalue weighted by atomic mass is 9.72. The zero-order valence-electron chi connectivity index (χ0n) is 13.4. The van der Waals surface area contributed by atoms with Crippen molar-refractivity contribution in [1.82, 2.24) is 0 Å². The Kier molecular flexibility index (Phi) is 4.71. The van der Waals surface area contributed by atoms with Crippen molar-refractivity contribution in [3.05, 3.63) is 48.3 Å². The maximum atomic E-state index is 14.3. The van der Waals surface area contributed by atoms with Crippen LogP contribution in [0.2, 0.25) is 0 Å². The van der Waals surface area contributed by atoms with Gasteiger partial charge in [0, 0.05) is 12.0 Å². The van der Waals surface area contributed by atoms with E-state index in [1.807, 2.05) is 20.8 Å². The second-order valence-electron chi connectivity index (χ2n) is 6.68. The number of esters is 1. The van der Waals surface area contributed by atoms with Gasteiger partial charge in [0.2, 0.25) is 0 Å². The quantitative estimate of drug-likeness (QED) is 0.627. The Morgan fingerprint density at radius 1 is 1.50 bits per heavy atom. The van der Waals surface area contributed by atoms with E-state index in [1.165, 1.54) is 6.07 Å². The minimum atomic E-state index is -0.755. The van der Waals surface area contributed by atoms with Crippen molar-refractivity contribution < 1.29 is 18.7 Å². The van der Waals surface area contributed by atoms with Gasteiger partial charge in [-0.2, -0.15) is 0 Å². The van der Waals surface area contributed by atoms with E-state index in [2.05, 4.69) is 6.58 Å². The monoisotopic (exact) mass is 306 g/mol. The highest BCUT2D eigenvalue weighted by molar-refractivity contribution is 5.72. The van der Waals surface area contributed by atoms with Gasteiger partial charge in [0.1, 0.15) is 11.4 Å². The molecule has 1 aliphatic heterocycles. The Labute approximate surface area is 131 Å². The van der Waals surface area contributed by atoms with Crippen LogP contribution in [0.3, 0.4) is 0 Å². The molecule has 0 bridgehead atoms. The van der Waals surface area contributed by atoms with Crippen molar-refractivity contribution in [2.45, 2.75) is 50.7 Å². The molecule has 0 aliphatic carbocycles. The minimum absolute atomic E-state index is 0.0713. The molecule has 1 aliphatic rings. The molecule has 2 rings (SSSR count). The van der Waals surface area contributed by atoms with Crippen LogP contribution in [0.5, 0.6) is 0 Å². The first-order valence-corrected chi connectivity index (χ1v) is 7.49. The summed E-state index contributed by atoms with van der Waals surface area (Å²) in [5.74, 6) is -0.684. The third-order valence-electron chi connectivity index (χ3n) is 3.89. The highest BCUT2D eigenvalue weighted by atomic mass is 19.1. The van der Waals surface area contributed by atoms with Gasteiger partial charge < -0.3 is 9.47 Å². The van der Waals surface area contributed by atoms with Gasteiger partial charge in [0.05, 0.1) is 12.5 Å². The number of hydrogen-bond donors (Lipinski definition) is 0. The molecule has 0 radical (unpaired) electrons. The van der Waals surface area contributed by atoms with Crippen molar-refractivity contribution in [3.8, 4) is 0 Å². The average molecular weight is 306 g/mol. The van der Waals surface area contributed by atoms with E-state index in [0.29, 0.717) is 18.6 Å². The van der Waals surface area contributed by atoms with Crippen molar-refractivity contribution in [1.29, 1.82) is 0 Å². The molecule has 2 atom stereocenters. The van der Waals surface area contributed by atoms with Crippen LogP contribution in [-0.4, -0.2) is 24.3 Å². The molecule has 0 spiro atoms. The van der Waals surface area contributed by atoms with Gasteiger partial charge in [0.25, 0.3) is 0 Å². The number of rotatable bonds is 4. The molecule has 0 N–H and O–H groups in total. The fraction of sp³-hybridized carbons (Fsp3) is 0.500. The molecule has 1 fully saturated rings. The molecule has 120 valence electrons. The lowest BCUT2D eigenvalue weighted by Crippen LogP contribution is -2.39. The van der Waals surface area contributed by atoms with Crippen LogP contribution in [0.15, 0.2) is 36.9 Å². The summed E-state index contributed by atoms with van der Waals surface area (Å²) in [7, 11) is 0. The molecule has 3 nitrogen and oxygen atoms in total. The number of carbonyl (C=O) groups is 1. The van der Waals surface area contributed by atoms with Gasteiger partial charge in [-0.3, -0.25) is 4.79 Å². The Hall–Kier alpha value is -1.68. The molecule has 1 saturated heterocycles. The van der Waals surface area contributed by atoms with Crippen molar-refractivity contribution in [2.24, 2.45) is 0 Å². The van der Waals surface area contributed by atoms with E-state index in [0.717, 1.165) is 0 Å². The number of hydrogen-bond acceptors (Lipinski definition) is 3. The van der Waals surface area contributed by atoms with Crippen LogP contribution < -0.4 is 0 Å². The Balaban J connectivity index is 2.38. The summed E-state index contributed by atoms with van der Waals surface area (Å²) < 4.78 is 25.4. The maximum absolute atomic E-state index is 14.3. The van der Waals surface area contributed by atoms with E-state index >= 15 is 0 Å². The minimum Gasteiger partial charge on any atom is -0.460 e. The van der Waals surface area contributed by atoms with E-state index in [9.17, 15) is 9.18 Å². The normalized spacial score (nSPS) is 25.0. The van der Waals surface area contributed by atoms with E-state index in [4.69, 9.17) is 9.47 Å². The first-order chi connectivity index (χ1) is 10.3. The number of carbonyl (C=O) groups excluding carboxylic acids is 1. The lowest BCUT2D eigenvalue weighted by Gasteiger charge is -2.33. The molecule has 1 aromatic carbocycles. The number of ether oxygens (including phenoxy) is 2. The van der Waals surface area contributed by atoms with Gasteiger partial charge in [-0.05, 0) is 38.8 Å². The van der Waals surface area contributed by atoms with Crippen LogP contribution in [0.1, 0.15) is 39.2 Å². The molecule has 1 aromatic rings. The topological polar surface area (TPSA) is 35.5 Å². The number of halogens is 1. The summed E-state index contributed by atoms with van der Waals surface area (Å²) in [5, 5.41) is 0. The predicted octanol–water partition coefficient (Wildman–Crippen LogP) is 3.77. The molecule has 0 saturated carbocycles. The highest BCUT2D eigenvalue weighted by Crippen LogP contribution is 2.43. The van der Waals surface area contributed by atoms with Crippen molar-refractivity contribution in [3.63, 3.8) is 0 Å². The molecule has 0 amide bonds. The summed E-state index contributed by atoms with van der Waals surface area (Å²) in [5.41, 5.74) is -0.838. The van der Waals surface area contributed by atoms with Gasteiger partial charge in [-0.15, -0.1) is 6.58 Å². The molecular weight excluding hydrogens is 283 g/mol. The summed E-state index contributed by atoms with van der Waals surface area (Å²) >= 11 is 0. The summed E-state index contributed by atoms with van der Waals surface area (Å²) in [6.07, 6.45) is 1.87. The second kappa shape index (κ2) is 6.21. The molecule has 4 heteroatoms. The molecule has 0 aromatic heterocycles. The Bertz CT molecular complexity index is 562. The fourth-order valence-electron chi connectivity index (χ4n) is 3.04. The van der Waals surface area contributed by atoms with Gasteiger partial charge in [-0.25, -0.2) is 4.39 Å². The number of benzene rings is 1. The van der Waals surface area contributed by atoms with Crippen LogP contribution in [0.4, 0.5) is 4.39 Å². The van der Waals surface area contributed by atoms with E-state index < -0.39 is 17.1 Å². The van der Waals surface area contributed by atoms with Crippen molar-refractivity contribution >= 4 is 5.97 Å². The SMILES string of the molecule is C=C[C@@H]1OCC[C@@]1(CC(=O)OC(C)(C)C)c1ccccc1F. The van der Waals surface area contributed by atoms with Crippen LogP contribution in [0.25, 0.3) is 0 Å². The molecular formula is C18H23FO3. The van der Waals surface area contributed by atoms with Crippen LogP contribution in [0, 0.1) is 5.82 Å². The molecule has 1 heterocycles. The van der Waals surface area contributed by atoms with Crippen LogP contribution in [-0.2, 0) is 19.7 Å². The summed E-state index contributed by atoms with van der Waals surface area (Å²) in [4.78, 5) is 12.3. The predicted molar refractivity (Wildman–Crippen MR) is 83.1 cm³/mol. The van der Waals surface area contributed by atoms with E-state index in [1.54, 1.807) is 24.3 Å². The molecule has 22 heavy (non-hydrogen) atoms. The Morgan fingerprint density at radius 3 is 2.77 bits per heavy atom. The van der Waals surface area contributed by atoms with Crippen molar-refractivity contribution in [2.75, 3.05) is 6.61 Å². The zero-order chi connectivity index (χ0) is 16.4. The van der Waals surface area contributed by atoms with Gasteiger partial charge >= 0.3 is 5.97 Å². The average Bonchev–Trinajstić information content (AvgIpc) is 2.80. The largest absolute Gasteiger partial charge is 0.460 e. The third kappa shape index (κ3) is 3.38. The standard InChI is InChI=1S/C18H23FO3/c1-5-15-18(10-11-21-15,12-16(20)22-17(2,3)4)13-8-6-7-9-14(13)19/h5-9,15H,1,10-12H2,2-4H3/t15-,18+/m0/s1. The first-order valence-electron chi connectivity index (χ1n) is 7.49. The van der Waals surface area contributed by atoms with E-state index in [-0.39, 0.29) is 18.2 Å². The highest BCUT2D eigenvalue weighted by Gasteiger charge is 2.47. The molecule has 0 unspecified atom stereocenters. The third-order valence-corrected chi connectivity index (χ3v) is 3.89. The van der Waals surface area contributed by atoms with Crippen LogP contribution >= 0.6 is 0 Å². The second-order valence-corrected chi connectivity index (χ2v) is 6.68. The Morgan fingerprint density at radius 2 is 2.18 bits per heavy atom. The zero-order valence-corrected chi connectivity index (χ0v) is 13.4. The smallest absolute Gasteiger partial charge is 0.307 e. The summed E-state index contributed by atoms with van der Waals surface area (Å²) in [6.45, 7) is 9.69. The first kappa shape index (κ1) is 16.7. The fourth-order valence-corrected chi connectivity index (χ4v) is 3.04. The van der Waals surface area contributed by atoms with Gasteiger partial charge in [-0.1, -0.05) is 24.3 Å². The summed E-state index contributed by atoms with van der Waals surface area (Å²) in [6, 6.07) is 6.53. The lowest BCUT2D eigenvalue weighted by molar-refractivity contribution is -0.156. The van der Waals surface area contributed by atoms with Gasteiger partial charge in [0.15, 0.2) is 0 Å².